The second-order valence-electron chi connectivity index (χ2n) is 5.68. The van der Waals surface area contributed by atoms with E-state index in [1.54, 1.807) is 0 Å². The lowest BCUT2D eigenvalue weighted by Gasteiger charge is -2.20. The van der Waals surface area contributed by atoms with Crippen LogP contribution in [0.15, 0.2) is 53.4 Å². The van der Waals surface area contributed by atoms with Gasteiger partial charge in [0.05, 0.1) is 0 Å². The van der Waals surface area contributed by atoms with Gasteiger partial charge in [0.1, 0.15) is 0 Å². The third-order valence-corrected chi connectivity index (χ3v) is 5.84. The average Bonchev–Trinajstić information content (AvgIpc) is 2.92. The van der Waals surface area contributed by atoms with Crippen molar-refractivity contribution in [2.45, 2.75) is 23.7 Å². The summed E-state index contributed by atoms with van der Waals surface area (Å²) in [7, 11) is 0. The molecule has 0 bridgehead atoms. The Morgan fingerprint density at radius 1 is 1.14 bits per heavy atom. The first-order chi connectivity index (χ1) is 10.3. The molecular formula is C18H20ClNS. The summed E-state index contributed by atoms with van der Waals surface area (Å²) in [6.07, 6.45) is 2.12. The van der Waals surface area contributed by atoms with E-state index in [1.807, 2.05) is 23.9 Å². The molecule has 1 nitrogen and oxygen atoms in total. The Hall–Kier alpha value is -0.960. The lowest BCUT2D eigenvalue weighted by atomic mass is 9.87. The number of hydrogen-bond acceptors (Lipinski definition) is 2. The molecule has 0 spiro atoms. The number of thioether (sulfide) groups is 1. The van der Waals surface area contributed by atoms with Gasteiger partial charge in [0.25, 0.3) is 0 Å². The van der Waals surface area contributed by atoms with Gasteiger partial charge in [0.2, 0.25) is 0 Å². The van der Waals surface area contributed by atoms with Crippen molar-refractivity contribution in [1.82, 2.24) is 0 Å². The van der Waals surface area contributed by atoms with Crippen LogP contribution in [0, 0.1) is 5.92 Å². The minimum Gasteiger partial charge on any atom is -0.330 e. The van der Waals surface area contributed by atoms with Crippen LogP contribution in [0.2, 0.25) is 5.02 Å². The van der Waals surface area contributed by atoms with Crippen molar-refractivity contribution < 1.29 is 0 Å². The fourth-order valence-corrected chi connectivity index (χ4v) is 4.55. The Balaban J connectivity index is 1.70. The van der Waals surface area contributed by atoms with Gasteiger partial charge in [-0.1, -0.05) is 48.0 Å². The van der Waals surface area contributed by atoms with E-state index in [0.29, 0.717) is 18.4 Å². The van der Waals surface area contributed by atoms with Gasteiger partial charge in [0.15, 0.2) is 0 Å². The van der Waals surface area contributed by atoms with Crippen molar-refractivity contribution in [3.8, 4) is 0 Å². The maximum absolute atomic E-state index is 6.28. The normalized spacial score (nSPS) is 18.5. The molecule has 110 valence electrons. The van der Waals surface area contributed by atoms with Crippen LogP contribution < -0.4 is 5.73 Å². The number of fused-ring (bicyclic) bond motifs is 1. The summed E-state index contributed by atoms with van der Waals surface area (Å²) in [4.78, 5) is 1.44. The lowest BCUT2D eigenvalue weighted by molar-refractivity contribution is 0.457. The molecule has 0 saturated carbocycles. The topological polar surface area (TPSA) is 26.0 Å². The fraction of sp³-hybridized carbons (Fsp3) is 0.333. The Kier molecular flexibility index (Phi) is 4.89. The molecule has 2 aromatic rings. The van der Waals surface area contributed by atoms with E-state index in [9.17, 15) is 0 Å². The highest BCUT2D eigenvalue weighted by Crippen LogP contribution is 2.42. The molecule has 3 heteroatoms. The van der Waals surface area contributed by atoms with Crippen LogP contribution in [-0.4, -0.2) is 12.3 Å². The van der Waals surface area contributed by atoms with Crippen molar-refractivity contribution >= 4 is 23.4 Å². The zero-order valence-corrected chi connectivity index (χ0v) is 13.5. The summed E-state index contributed by atoms with van der Waals surface area (Å²) >= 11 is 8.25. The molecule has 0 aromatic heterocycles. The highest BCUT2D eigenvalue weighted by atomic mass is 35.5. The summed E-state index contributed by atoms with van der Waals surface area (Å²) in [5.74, 6) is 2.29. The monoisotopic (exact) mass is 317 g/mol. The van der Waals surface area contributed by atoms with E-state index in [4.69, 9.17) is 17.3 Å². The molecule has 2 atom stereocenters. The average molecular weight is 318 g/mol. The molecule has 1 aliphatic heterocycles. The predicted octanol–water partition coefficient (Wildman–Crippen LogP) is 4.74. The van der Waals surface area contributed by atoms with Crippen LogP contribution >= 0.6 is 23.4 Å². The van der Waals surface area contributed by atoms with Crippen LogP contribution in [-0.2, 0) is 6.42 Å². The summed E-state index contributed by atoms with van der Waals surface area (Å²) in [6.45, 7) is 0.717. The quantitative estimate of drug-likeness (QED) is 0.862. The van der Waals surface area contributed by atoms with Gasteiger partial charge >= 0.3 is 0 Å². The van der Waals surface area contributed by atoms with Gasteiger partial charge in [-0.15, -0.1) is 11.8 Å². The lowest BCUT2D eigenvalue weighted by Crippen LogP contribution is -2.20. The Bertz CT molecular complexity index is 614. The summed E-state index contributed by atoms with van der Waals surface area (Å²) in [5.41, 5.74) is 8.74. The number of nitrogens with two attached hydrogens (primary N) is 1. The van der Waals surface area contributed by atoms with Crippen LogP contribution in [0.3, 0.4) is 0 Å². The minimum absolute atomic E-state index is 0.488. The molecule has 0 fully saturated rings. The fourth-order valence-electron chi connectivity index (χ4n) is 3.06. The first-order valence-corrected chi connectivity index (χ1v) is 8.79. The number of benzene rings is 2. The maximum Gasteiger partial charge on any atom is 0.0438 e. The van der Waals surface area contributed by atoms with Crippen LogP contribution in [0.4, 0.5) is 0 Å². The molecule has 1 aliphatic rings. The molecule has 0 amide bonds. The van der Waals surface area contributed by atoms with Crippen molar-refractivity contribution in [2.75, 3.05) is 12.3 Å². The Morgan fingerprint density at radius 2 is 1.90 bits per heavy atom. The smallest absolute Gasteiger partial charge is 0.0438 e. The number of hydrogen-bond donors (Lipinski definition) is 1. The largest absolute Gasteiger partial charge is 0.330 e. The van der Waals surface area contributed by atoms with E-state index in [2.05, 4.69) is 36.4 Å². The second-order valence-corrected chi connectivity index (χ2v) is 7.15. The van der Waals surface area contributed by atoms with E-state index >= 15 is 0 Å². The number of halogens is 1. The van der Waals surface area contributed by atoms with Crippen molar-refractivity contribution in [2.24, 2.45) is 11.7 Å². The highest BCUT2D eigenvalue weighted by molar-refractivity contribution is 7.99. The Labute approximate surface area is 135 Å². The molecule has 2 N–H and O–H groups in total. The first kappa shape index (κ1) is 15.0. The molecule has 0 saturated heterocycles. The molecular weight excluding hydrogens is 298 g/mol. The standard InChI is InChI=1S/C18H20ClNS/c19-17-7-3-1-5-14(17)9-13(11-20)10-15-12-21-18-8-4-2-6-16(15)18/h1-8,13,15H,9-12,20H2. The number of rotatable bonds is 5. The van der Waals surface area contributed by atoms with Gasteiger partial charge < -0.3 is 5.73 Å². The van der Waals surface area contributed by atoms with Crippen molar-refractivity contribution in [3.63, 3.8) is 0 Å². The zero-order chi connectivity index (χ0) is 14.7. The molecule has 1 heterocycles. The second kappa shape index (κ2) is 6.87. The van der Waals surface area contributed by atoms with Gasteiger partial charge in [-0.3, -0.25) is 0 Å². The predicted molar refractivity (Wildman–Crippen MR) is 92.2 cm³/mol. The van der Waals surface area contributed by atoms with Crippen LogP contribution in [0.25, 0.3) is 0 Å². The Morgan fingerprint density at radius 3 is 2.71 bits per heavy atom. The highest BCUT2D eigenvalue weighted by Gasteiger charge is 2.25. The third kappa shape index (κ3) is 3.45. The first-order valence-electron chi connectivity index (χ1n) is 7.43. The molecule has 21 heavy (non-hydrogen) atoms. The maximum atomic E-state index is 6.28. The van der Waals surface area contributed by atoms with Gasteiger partial charge in [-0.05, 0) is 54.5 Å². The van der Waals surface area contributed by atoms with E-state index in [1.165, 1.54) is 21.8 Å². The molecule has 2 aromatic carbocycles. The minimum atomic E-state index is 0.488. The van der Waals surface area contributed by atoms with E-state index < -0.39 is 0 Å². The summed E-state index contributed by atoms with van der Waals surface area (Å²) < 4.78 is 0. The molecule has 2 unspecified atom stereocenters. The van der Waals surface area contributed by atoms with Crippen molar-refractivity contribution in [3.05, 3.63) is 64.7 Å². The van der Waals surface area contributed by atoms with Gasteiger partial charge in [0, 0.05) is 15.7 Å². The van der Waals surface area contributed by atoms with E-state index in [-0.39, 0.29) is 0 Å². The van der Waals surface area contributed by atoms with Crippen LogP contribution in [0.1, 0.15) is 23.5 Å². The summed E-state index contributed by atoms with van der Waals surface area (Å²) in [6, 6.07) is 16.9. The molecule has 3 rings (SSSR count). The van der Waals surface area contributed by atoms with Gasteiger partial charge in [-0.2, -0.15) is 0 Å². The van der Waals surface area contributed by atoms with Gasteiger partial charge in [-0.25, -0.2) is 0 Å². The van der Waals surface area contributed by atoms with Crippen LogP contribution in [0.5, 0.6) is 0 Å². The summed E-state index contributed by atoms with van der Waals surface area (Å²) in [5, 5.41) is 0.858. The third-order valence-electron chi connectivity index (χ3n) is 4.22. The zero-order valence-electron chi connectivity index (χ0n) is 12.0. The SMILES string of the molecule is NCC(Cc1ccccc1Cl)CC1CSc2ccccc21. The molecule has 0 aliphatic carbocycles. The molecule has 0 radical (unpaired) electrons. The van der Waals surface area contributed by atoms with Crippen molar-refractivity contribution in [1.29, 1.82) is 0 Å². The van der Waals surface area contributed by atoms with E-state index in [0.717, 1.165) is 17.9 Å².